The predicted molar refractivity (Wildman–Crippen MR) is 94.2 cm³/mol. The first-order valence-electron chi connectivity index (χ1n) is 8.93. The van der Waals surface area contributed by atoms with Gasteiger partial charge in [-0.1, -0.05) is 0 Å². The SMILES string of the molecule is C[C@H]1C[C@@]2(CCN1Cc1cnn(C)c1)OCC(O)c1sc(C(F)(F)F)cc12. The van der Waals surface area contributed by atoms with Crippen molar-refractivity contribution in [2.24, 2.45) is 7.05 Å². The molecule has 0 radical (unpaired) electrons. The average Bonchev–Trinajstić information content (AvgIpc) is 3.21. The fourth-order valence-electron chi connectivity index (χ4n) is 4.19. The van der Waals surface area contributed by atoms with Gasteiger partial charge >= 0.3 is 6.18 Å². The number of hydrogen-bond donors (Lipinski definition) is 1. The van der Waals surface area contributed by atoms with E-state index >= 15 is 0 Å². The molecule has 2 aliphatic heterocycles. The van der Waals surface area contributed by atoms with Crippen LogP contribution in [0.1, 0.15) is 46.8 Å². The highest BCUT2D eigenvalue weighted by molar-refractivity contribution is 7.12. The minimum Gasteiger partial charge on any atom is -0.385 e. The van der Waals surface area contributed by atoms with Crippen molar-refractivity contribution in [3.05, 3.63) is 39.3 Å². The zero-order valence-electron chi connectivity index (χ0n) is 15.2. The van der Waals surface area contributed by atoms with Gasteiger partial charge in [0.05, 0.1) is 18.4 Å². The minimum atomic E-state index is -4.41. The van der Waals surface area contributed by atoms with Crippen molar-refractivity contribution in [2.75, 3.05) is 13.2 Å². The summed E-state index contributed by atoms with van der Waals surface area (Å²) in [5.41, 5.74) is 0.877. The van der Waals surface area contributed by atoms with Crippen molar-refractivity contribution in [3.8, 4) is 0 Å². The van der Waals surface area contributed by atoms with Crippen LogP contribution >= 0.6 is 11.3 Å². The quantitative estimate of drug-likeness (QED) is 0.838. The summed E-state index contributed by atoms with van der Waals surface area (Å²) < 4.78 is 47.4. The van der Waals surface area contributed by atoms with Gasteiger partial charge in [0.15, 0.2) is 0 Å². The Labute approximate surface area is 159 Å². The lowest BCUT2D eigenvalue weighted by Crippen LogP contribution is -2.50. The van der Waals surface area contributed by atoms with E-state index in [1.807, 2.05) is 19.4 Å². The summed E-state index contributed by atoms with van der Waals surface area (Å²) in [5, 5.41) is 14.4. The lowest BCUT2D eigenvalue weighted by atomic mass is 9.79. The first-order chi connectivity index (χ1) is 12.7. The van der Waals surface area contributed by atoms with Crippen molar-refractivity contribution < 1.29 is 23.0 Å². The summed E-state index contributed by atoms with van der Waals surface area (Å²) in [7, 11) is 1.87. The number of nitrogens with zero attached hydrogens (tertiary/aromatic N) is 3. The standard InChI is InChI=1S/C18H22F3N3O2S/c1-11-6-17(3-4-24(11)9-12-7-22-23(2)8-12)13-5-15(18(19,20)21)27-16(13)14(25)10-26-17/h5,7-8,11,14,25H,3-4,6,9-10H2,1-2H3/t11-,14?,17+/m0/s1. The molecule has 2 aliphatic rings. The van der Waals surface area contributed by atoms with E-state index in [2.05, 4.69) is 16.9 Å². The van der Waals surface area contributed by atoms with E-state index in [9.17, 15) is 18.3 Å². The van der Waals surface area contributed by atoms with E-state index in [1.54, 1.807) is 4.68 Å². The molecule has 1 unspecified atom stereocenters. The second-order valence-electron chi connectivity index (χ2n) is 7.50. The van der Waals surface area contributed by atoms with Gasteiger partial charge in [-0.05, 0) is 25.8 Å². The summed E-state index contributed by atoms with van der Waals surface area (Å²) in [6, 6.07) is 1.32. The van der Waals surface area contributed by atoms with Crippen LogP contribution in [0, 0.1) is 0 Å². The van der Waals surface area contributed by atoms with Gasteiger partial charge in [0.25, 0.3) is 0 Å². The van der Waals surface area contributed by atoms with E-state index in [4.69, 9.17) is 4.74 Å². The molecule has 3 atom stereocenters. The molecule has 4 rings (SSSR count). The molecule has 0 bridgehead atoms. The van der Waals surface area contributed by atoms with Gasteiger partial charge in [0, 0.05) is 48.4 Å². The molecule has 1 fully saturated rings. The van der Waals surface area contributed by atoms with Crippen LogP contribution < -0.4 is 0 Å². The Bertz CT molecular complexity index is 834. The van der Waals surface area contributed by atoms with E-state index in [-0.39, 0.29) is 12.6 Å². The summed E-state index contributed by atoms with van der Waals surface area (Å²) in [6.07, 6.45) is -0.397. The third-order valence-electron chi connectivity index (χ3n) is 5.55. The van der Waals surface area contributed by atoms with Crippen molar-refractivity contribution >= 4 is 11.3 Å². The molecule has 2 aromatic heterocycles. The molecule has 1 spiro atoms. The van der Waals surface area contributed by atoms with Crippen LogP contribution in [0.2, 0.25) is 0 Å². The topological polar surface area (TPSA) is 50.5 Å². The van der Waals surface area contributed by atoms with Crippen LogP contribution in [0.5, 0.6) is 0 Å². The number of aliphatic hydroxyl groups is 1. The zero-order valence-corrected chi connectivity index (χ0v) is 16.0. The summed E-state index contributed by atoms with van der Waals surface area (Å²) in [5.74, 6) is 0. The lowest BCUT2D eigenvalue weighted by molar-refractivity contribution is -0.141. The minimum absolute atomic E-state index is 0.0418. The predicted octanol–water partition coefficient (Wildman–Crippen LogP) is 3.44. The van der Waals surface area contributed by atoms with Gasteiger partial charge in [-0.25, -0.2) is 0 Å². The Kier molecular flexibility index (Phi) is 4.61. The highest BCUT2D eigenvalue weighted by Crippen LogP contribution is 2.51. The van der Waals surface area contributed by atoms with Gasteiger partial charge in [0.1, 0.15) is 11.0 Å². The molecule has 0 amide bonds. The van der Waals surface area contributed by atoms with E-state index in [0.29, 0.717) is 41.2 Å². The second-order valence-corrected chi connectivity index (χ2v) is 8.59. The van der Waals surface area contributed by atoms with Gasteiger partial charge < -0.3 is 9.84 Å². The smallest absolute Gasteiger partial charge is 0.385 e. The first-order valence-corrected chi connectivity index (χ1v) is 9.74. The van der Waals surface area contributed by atoms with Gasteiger partial charge in [0.2, 0.25) is 0 Å². The third-order valence-corrected chi connectivity index (χ3v) is 6.83. The van der Waals surface area contributed by atoms with Crippen LogP contribution in [-0.2, 0) is 30.1 Å². The zero-order chi connectivity index (χ0) is 19.4. The number of likely N-dealkylation sites (tertiary alicyclic amines) is 1. The highest BCUT2D eigenvalue weighted by atomic mass is 32.1. The molecule has 0 aromatic carbocycles. The Morgan fingerprint density at radius 1 is 1.44 bits per heavy atom. The fourth-order valence-corrected chi connectivity index (χ4v) is 5.28. The first kappa shape index (κ1) is 18.9. The number of aliphatic hydroxyl groups excluding tert-OH is 1. The molecule has 9 heteroatoms. The number of fused-ring (bicyclic) bond motifs is 2. The fraction of sp³-hybridized carbons (Fsp3) is 0.611. The molecule has 2 aromatic rings. The molecule has 1 saturated heterocycles. The van der Waals surface area contributed by atoms with Crippen LogP contribution in [0.25, 0.3) is 0 Å². The molecule has 27 heavy (non-hydrogen) atoms. The number of piperidine rings is 1. The van der Waals surface area contributed by atoms with Gasteiger partial charge in [-0.15, -0.1) is 11.3 Å². The molecular formula is C18H22F3N3O2S. The molecule has 5 nitrogen and oxygen atoms in total. The third kappa shape index (κ3) is 3.41. The Hall–Kier alpha value is -1.42. The number of aromatic nitrogens is 2. The number of halogens is 3. The number of thiophene rings is 1. The number of ether oxygens (including phenoxy) is 1. The molecule has 4 heterocycles. The molecule has 0 saturated carbocycles. The van der Waals surface area contributed by atoms with E-state index in [0.717, 1.165) is 12.1 Å². The van der Waals surface area contributed by atoms with Crippen LogP contribution in [0.15, 0.2) is 18.5 Å². The van der Waals surface area contributed by atoms with E-state index in [1.165, 1.54) is 6.07 Å². The van der Waals surface area contributed by atoms with Crippen LogP contribution in [-0.4, -0.2) is 39.0 Å². The Morgan fingerprint density at radius 3 is 2.85 bits per heavy atom. The lowest BCUT2D eigenvalue weighted by Gasteiger charge is -2.48. The number of aryl methyl sites for hydroxylation is 1. The van der Waals surface area contributed by atoms with Crippen LogP contribution in [0.4, 0.5) is 13.2 Å². The van der Waals surface area contributed by atoms with Gasteiger partial charge in [-0.3, -0.25) is 9.58 Å². The Balaban J connectivity index is 1.58. The van der Waals surface area contributed by atoms with Crippen molar-refractivity contribution in [2.45, 2.75) is 50.2 Å². The maximum Gasteiger partial charge on any atom is 0.425 e. The summed E-state index contributed by atoms with van der Waals surface area (Å²) >= 11 is 0.646. The number of rotatable bonds is 2. The van der Waals surface area contributed by atoms with Crippen molar-refractivity contribution in [3.63, 3.8) is 0 Å². The maximum atomic E-state index is 13.2. The highest BCUT2D eigenvalue weighted by Gasteiger charge is 2.48. The summed E-state index contributed by atoms with van der Waals surface area (Å²) in [6.45, 7) is 3.57. The molecule has 1 N–H and O–H groups in total. The molecule has 148 valence electrons. The average molecular weight is 401 g/mol. The monoisotopic (exact) mass is 401 g/mol. The molecule has 0 aliphatic carbocycles. The van der Waals surface area contributed by atoms with Crippen LogP contribution in [0.3, 0.4) is 0 Å². The number of alkyl halides is 3. The normalized spacial score (nSPS) is 29.3. The summed E-state index contributed by atoms with van der Waals surface area (Å²) in [4.78, 5) is 2.04. The Morgan fingerprint density at radius 2 is 2.22 bits per heavy atom. The second kappa shape index (κ2) is 6.58. The molecular weight excluding hydrogens is 379 g/mol. The largest absolute Gasteiger partial charge is 0.425 e. The van der Waals surface area contributed by atoms with Crippen molar-refractivity contribution in [1.29, 1.82) is 0 Å². The maximum absolute atomic E-state index is 13.2. The van der Waals surface area contributed by atoms with Gasteiger partial charge in [-0.2, -0.15) is 18.3 Å². The van der Waals surface area contributed by atoms with E-state index < -0.39 is 22.8 Å². The number of hydrogen-bond acceptors (Lipinski definition) is 5. The van der Waals surface area contributed by atoms with Crippen molar-refractivity contribution in [1.82, 2.24) is 14.7 Å².